The van der Waals surface area contributed by atoms with Crippen molar-refractivity contribution in [3.63, 3.8) is 0 Å². The van der Waals surface area contributed by atoms with Crippen molar-refractivity contribution in [2.75, 3.05) is 6.54 Å². The molecule has 0 bridgehead atoms. The van der Waals surface area contributed by atoms with Crippen molar-refractivity contribution >= 4 is 24.5 Å². The Kier molecular flexibility index (Phi) is 11.3. The van der Waals surface area contributed by atoms with E-state index in [1.54, 1.807) is 0 Å². The first-order chi connectivity index (χ1) is 13.6. The van der Waals surface area contributed by atoms with Gasteiger partial charge in [0.05, 0.1) is 6.04 Å². The Morgan fingerprint density at radius 1 is 1.03 bits per heavy atom. The van der Waals surface area contributed by atoms with Gasteiger partial charge in [-0.25, -0.2) is 4.79 Å². The molecule has 5 N–H and O–H groups in total. The number of carbonyl (C=O) groups excluding carboxylic acids is 1. The third-order valence-corrected chi connectivity index (χ3v) is 5.30. The van der Waals surface area contributed by atoms with Gasteiger partial charge in [-0.3, -0.25) is 4.79 Å². The number of hydrogen-bond acceptors (Lipinski definition) is 5. The van der Waals surface area contributed by atoms with Crippen LogP contribution in [0.15, 0.2) is 30.3 Å². The van der Waals surface area contributed by atoms with E-state index in [1.165, 1.54) is 0 Å². The fourth-order valence-electron chi connectivity index (χ4n) is 3.19. The number of carboxylic acids is 1. The van der Waals surface area contributed by atoms with Gasteiger partial charge < -0.3 is 21.5 Å². The van der Waals surface area contributed by atoms with Crippen molar-refractivity contribution in [2.45, 2.75) is 70.3 Å². The maximum absolute atomic E-state index is 12.9. The summed E-state index contributed by atoms with van der Waals surface area (Å²) in [5.41, 5.74) is 7.21. The van der Waals surface area contributed by atoms with Crippen molar-refractivity contribution in [1.82, 2.24) is 10.6 Å². The molecular formula is C22H37N3O3S. The average molecular weight is 424 g/mol. The predicted octanol–water partition coefficient (Wildman–Crippen LogP) is 2.47. The van der Waals surface area contributed by atoms with Crippen LogP contribution in [0.3, 0.4) is 0 Å². The van der Waals surface area contributed by atoms with Gasteiger partial charge in [0.25, 0.3) is 0 Å². The minimum absolute atomic E-state index is 0.0843. The topological polar surface area (TPSA) is 104 Å². The van der Waals surface area contributed by atoms with E-state index < -0.39 is 18.1 Å². The lowest BCUT2D eigenvalue weighted by atomic mass is 10.00. The van der Waals surface area contributed by atoms with Gasteiger partial charge in [0.15, 0.2) is 0 Å². The molecule has 0 heterocycles. The van der Waals surface area contributed by atoms with Crippen molar-refractivity contribution in [2.24, 2.45) is 17.6 Å². The molecule has 29 heavy (non-hydrogen) atoms. The number of hydrogen-bond donors (Lipinski definition) is 5. The molecule has 0 aliphatic heterocycles. The molecule has 7 heteroatoms. The Morgan fingerprint density at radius 3 is 2.14 bits per heavy atom. The van der Waals surface area contributed by atoms with Crippen molar-refractivity contribution in [1.29, 1.82) is 0 Å². The summed E-state index contributed by atoms with van der Waals surface area (Å²) in [6.45, 7) is 8.55. The number of nitrogens with two attached hydrogens (primary N) is 1. The van der Waals surface area contributed by atoms with E-state index in [0.29, 0.717) is 25.3 Å². The van der Waals surface area contributed by atoms with Crippen LogP contribution in [0.5, 0.6) is 0 Å². The van der Waals surface area contributed by atoms with E-state index in [9.17, 15) is 14.7 Å². The highest BCUT2D eigenvalue weighted by molar-refractivity contribution is 7.81. The molecule has 6 nitrogen and oxygen atoms in total. The van der Waals surface area contributed by atoms with E-state index in [4.69, 9.17) is 5.73 Å². The lowest BCUT2D eigenvalue weighted by Gasteiger charge is -2.26. The zero-order chi connectivity index (χ0) is 22.0. The van der Waals surface area contributed by atoms with Crippen LogP contribution in [0.2, 0.25) is 0 Å². The molecule has 0 radical (unpaired) electrons. The maximum Gasteiger partial charge on any atom is 0.326 e. The lowest BCUT2D eigenvalue weighted by Crippen LogP contribution is -2.53. The average Bonchev–Trinajstić information content (AvgIpc) is 2.63. The summed E-state index contributed by atoms with van der Waals surface area (Å²) in [6.07, 6.45) is 1.69. The van der Waals surface area contributed by atoms with Crippen LogP contribution in [0.1, 0.15) is 46.1 Å². The largest absolute Gasteiger partial charge is 0.480 e. The highest BCUT2D eigenvalue weighted by Gasteiger charge is 2.27. The molecule has 0 spiro atoms. The van der Waals surface area contributed by atoms with Crippen LogP contribution in [-0.2, 0) is 16.0 Å². The molecule has 164 valence electrons. The molecule has 0 fully saturated rings. The quantitative estimate of drug-likeness (QED) is 0.314. The molecule has 1 aromatic rings. The van der Waals surface area contributed by atoms with Crippen LogP contribution >= 0.6 is 12.6 Å². The molecule has 4 atom stereocenters. The molecule has 1 amide bonds. The summed E-state index contributed by atoms with van der Waals surface area (Å²) >= 11 is 4.60. The fraction of sp³-hybridized carbons (Fsp3) is 0.636. The number of nitrogens with one attached hydrogen (secondary N) is 2. The molecule has 0 aliphatic carbocycles. The van der Waals surface area contributed by atoms with E-state index in [1.807, 2.05) is 44.2 Å². The van der Waals surface area contributed by atoms with Gasteiger partial charge in [-0.2, -0.15) is 12.6 Å². The number of benzene rings is 1. The van der Waals surface area contributed by atoms with E-state index in [0.717, 1.165) is 12.0 Å². The summed E-state index contributed by atoms with van der Waals surface area (Å²) in [6, 6.07) is 8.11. The number of aliphatic carboxylic acids is 1. The highest BCUT2D eigenvalue weighted by Crippen LogP contribution is 2.12. The Balaban J connectivity index is 2.84. The Morgan fingerprint density at radius 2 is 1.62 bits per heavy atom. The number of carboxylic acid groups (broad SMARTS) is 1. The van der Waals surface area contributed by atoms with Gasteiger partial charge in [-0.1, -0.05) is 58.0 Å². The molecule has 1 rings (SSSR count). The van der Waals surface area contributed by atoms with Gasteiger partial charge in [0.2, 0.25) is 5.91 Å². The van der Waals surface area contributed by atoms with E-state index in [2.05, 4.69) is 37.1 Å². The van der Waals surface area contributed by atoms with Crippen LogP contribution in [0, 0.1) is 11.8 Å². The molecule has 0 saturated carbocycles. The summed E-state index contributed by atoms with van der Waals surface area (Å²) in [7, 11) is 0. The molecule has 0 aromatic heterocycles. The van der Waals surface area contributed by atoms with Crippen LogP contribution in [0.25, 0.3) is 0 Å². The second-order valence-corrected chi connectivity index (χ2v) is 9.20. The minimum atomic E-state index is -1.02. The molecule has 1 aromatic carbocycles. The summed E-state index contributed by atoms with van der Waals surface area (Å²) in [4.78, 5) is 24.5. The van der Waals surface area contributed by atoms with Gasteiger partial charge in [0.1, 0.15) is 6.04 Å². The van der Waals surface area contributed by atoms with Gasteiger partial charge >= 0.3 is 5.97 Å². The van der Waals surface area contributed by atoms with E-state index >= 15 is 0 Å². The van der Waals surface area contributed by atoms with Crippen molar-refractivity contribution in [3.05, 3.63) is 35.9 Å². The third kappa shape index (κ3) is 10.1. The Hall–Kier alpha value is -1.57. The summed E-state index contributed by atoms with van der Waals surface area (Å²) < 4.78 is 0. The van der Waals surface area contributed by atoms with Crippen molar-refractivity contribution < 1.29 is 14.7 Å². The van der Waals surface area contributed by atoms with E-state index in [-0.39, 0.29) is 23.1 Å². The van der Waals surface area contributed by atoms with Gasteiger partial charge in [-0.05, 0) is 36.7 Å². The zero-order valence-corrected chi connectivity index (χ0v) is 18.9. The second-order valence-electron chi connectivity index (χ2n) is 8.54. The van der Waals surface area contributed by atoms with Crippen molar-refractivity contribution in [3.8, 4) is 0 Å². The maximum atomic E-state index is 12.9. The third-order valence-electron chi connectivity index (χ3n) is 4.73. The molecular weight excluding hydrogens is 386 g/mol. The van der Waals surface area contributed by atoms with Gasteiger partial charge in [-0.15, -0.1) is 0 Å². The monoisotopic (exact) mass is 423 g/mol. The second kappa shape index (κ2) is 12.9. The molecule has 0 saturated heterocycles. The number of amides is 1. The fourth-order valence-corrected chi connectivity index (χ4v) is 3.42. The predicted molar refractivity (Wildman–Crippen MR) is 121 cm³/mol. The van der Waals surface area contributed by atoms with Crippen LogP contribution < -0.4 is 16.4 Å². The number of rotatable bonds is 13. The Bertz CT molecular complexity index is 625. The highest BCUT2D eigenvalue weighted by atomic mass is 32.1. The number of thiol groups is 1. The van der Waals surface area contributed by atoms with Crippen LogP contribution in [-0.4, -0.2) is 46.9 Å². The SMILES string of the molecule is CC(C)C[C@H](NC(=O)[C@H](Cc1ccccc1)NCC(S)[C@@H](N)CC(C)C)C(=O)O. The first-order valence-electron chi connectivity index (χ1n) is 10.3. The number of carbonyl (C=O) groups is 2. The Labute approximate surface area is 180 Å². The first-order valence-corrected chi connectivity index (χ1v) is 10.9. The minimum Gasteiger partial charge on any atom is -0.480 e. The standard InChI is InChI=1S/C22H37N3O3S/c1-14(2)10-17(23)20(29)13-24-18(12-16-8-6-5-7-9-16)21(26)25-19(22(27)28)11-15(3)4/h5-9,14-15,17-20,24,29H,10-13,23H2,1-4H3,(H,25,26)(H,27,28)/t17-,18-,19-,20?/m0/s1. The lowest BCUT2D eigenvalue weighted by molar-refractivity contribution is -0.142. The summed E-state index contributed by atoms with van der Waals surface area (Å²) in [5.74, 6) is -0.709. The summed E-state index contributed by atoms with van der Waals surface area (Å²) in [5, 5.41) is 15.3. The first kappa shape index (κ1) is 25.5. The molecule has 0 aliphatic rings. The normalized spacial score (nSPS) is 15.7. The van der Waals surface area contributed by atoms with Crippen LogP contribution in [0.4, 0.5) is 0 Å². The smallest absolute Gasteiger partial charge is 0.326 e. The zero-order valence-electron chi connectivity index (χ0n) is 18.0. The van der Waals surface area contributed by atoms with Gasteiger partial charge in [0, 0.05) is 17.8 Å². The molecule has 1 unspecified atom stereocenters.